The van der Waals surface area contributed by atoms with Gasteiger partial charge in [-0.3, -0.25) is 9.20 Å². The lowest BCUT2D eigenvalue weighted by Gasteiger charge is -2.04. The molecule has 90 valence electrons. The highest BCUT2D eigenvalue weighted by atomic mass is 79.9. The lowest BCUT2D eigenvalue weighted by molar-refractivity contribution is 0.0886. The van der Waals surface area contributed by atoms with Crippen LogP contribution in [-0.2, 0) is 0 Å². The summed E-state index contributed by atoms with van der Waals surface area (Å²) in [5.74, 6) is -0.573. The summed E-state index contributed by atoms with van der Waals surface area (Å²) in [6, 6.07) is 3.50. The molecule has 2 aromatic heterocycles. The van der Waals surface area contributed by atoms with Crippen LogP contribution in [0.5, 0.6) is 0 Å². The van der Waals surface area contributed by atoms with Gasteiger partial charge in [0.25, 0.3) is 12.3 Å². The lowest BCUT2D eigenvalue weighted by Crippen LogP contribution is -2.29. The van der Waals surface area contributed by atoms with E-state index < -0.39 is 18.9 Å². The van der Waals surface area contributed by atoms with Gasteiger partial charge in [0.1, 0.15) is 11.3 Å². The highest BCUT2D eigenvalue weighted by molar-refractivity contribution is 9.10. The summed E-state index contributed by atoms with van der Waals surface area (Å²) in [7, 11) is 0. The van der Waals surface area contributed by atoms with E-state index in [0.717, 1.165) is 4.47 Å². The van der Waals surface area contributed by atoms with Gasteiger partial charge >= 0.3 is 0 Å². The molecule has 0 unspecified atom stereocenters. The molecular weight excluding hydrogens is 296 g/mol. The normalized spacial score (nSPS) is 11.1. The Labute approximate surface area is 104 Å². The Morgan fingerprint density at radius 1 is 1.53 bits per heavy atom. The third-order valence-corrected chi connectivity index (χ3v) is 2.59. The molecule has 2 aromatic rings. The molecule has 1 amide bonds. The van der Waals surface area contributed by atoms with Gasteiger partial charge < -0.3 is 5.32 Å². The van der Waals surface area contributed by atoms with Crippen LogP contribution >= 0.6 is 15.9 Å². The summed E-state index contributed by atoms with van der Waals surface area (Å²) >= 11 is 3.26. The molecule has 0 aliphatic carbocycles. The number of nitrogens with zero attached hydrogens (tertiary/aromatic N) is 2. The maximum Gasteiger partial charge on any atom is 0.270 e. The van der Waals surface area contributed by atoms with Gasteiger partial charge in [-0.15, -0.1) is 0 Å². The van der Waals surface area contributed by atoms with Crippen LogP contribution in [0.2, 0.25) is 0 Å². The van der Waals surface area contributed by atoms with Crippen molar-refractivity contribution in [1.29, 1.82) is 0 Å². The maximum atomic E-state index is 12.0. The second-order valence-corrected chi connectivity index (χ2v) is 4.24. The molecule has 0 spiro atoms. The average molecular weight is 304 g/mol. The number of imidazole rings is 1. The third kappa shape index (κ3) is 2.60. The van der Waals surface area contributed by atoms with Crippen molar-refractivity contribution >= 4 is 27.5 Å². The fraction of sp³-hybridized carbons (Fsp3) is 0.200. The molecule has 1 N–H and O–H groups in total. The predicted molar refractivity (Wildman–Crippen MR) is 61.2 cm³/mol. The summed E-state index contributed by atoms with van der Waals surface area (Å²) < 4.78 is 26.2. The summed E-state index contributed by atoms with van der Waals surface area (Å²) in [5, 5.41) is 2.13. The Kier molecular flexibility index (Phi) is 3.37. The Hall–Kier alpha value is -1.50. The number of fused-ring (bicyclic) bond motifs is 1. The molecule has 2 heterocycles. The van der Waals surface area contributed by atoms with Crippen LogP contribution in [0.15, 0.2) is 29.0 Å². The SMILES string of the molecule is O=C(NCC(F)F)c1cnc2ccc(Br)cn12. The van der Waals surface area contributed by atoms with E-state index in [9.17, 15) is 13.6 Å². The largest absolute Gasteiger partial charge is 0.345 e. The Balaban J connectivity index is 2.29. The van der Waals surface area contributed by atoms with Gasteiger partial charge in [0, 0.05) is 10.7 Å². The van der Waals surface area contributed by atoms with Crippen LogP contribution in [0, 0.1) is 0 Å². The molecule has 4 nitrogen and oxygen atoms in total. The van der Waals surface area contributed by atoms with E-state index in [0.29, 0.717) is 5.65 Å². The molecule has 0 bridgehead atoms. The maximum absolute atomic E-state index is 12.0. The van der Waals surface area contributed by atoms with Crippen molar-refractivity contribution in [2.45, 2.75) is 6.43 Å². The molecule has 0 atom stereocenters. The number of hydrogen-bond donors (Lipinski definition) is 1. The highest BCUT2D eigenvalue weighted by Crippen LogP contribution is 2.13. The number of pyridine rings is 1. The first-order valence-corrected chi connectivity index (χ1v) is 5.56. The van der Waals surface area contributed by atoms with Crippen LogP contribution < -0.4 is 5.32 Å². The number of nitrogens with one attached hydrogen (secondary N) is 1. The molecule has 7 heteroatoms. The first kappa shape index (κ1) is 12.0. The number of alkyl halides is 2. The van der Waals surface area contributed by atoms with E-state index in [-0.39, 0.29) is 5.69 Å². The van der Waals surface area contributed by atoms with Crippen molar-refractivity contribution in [1.82, 2.24) is 14.7 Å². The van der Waals surface area contributed by atoms with E-state index in [1.54, 1.807) is 18.3 Å². The molecule has 0 aromatic carbocycles. The molecule has 0 fully saturated rings. The number of carbonyl (C=O) groups excluding carboxylic acids is 1. The third-order valence-electron chi connectivity index (χ3n) is 2.12. The molecule has 2 rings (SSSR count). The smallest absolute Gasteiger partial charge is 0.270 e. The van der Waals surface area contributed by atoms with Gasteiger partial charge in [-0.1, -0.05) is 0 Å². The van der Waals surface area contributed by atoms with Crippen LogP contribution in [0.4, 0.5) is 8.78 Å². The quantitative estimate of drug-likeness (QED) is 0.944. The van der Waals surface area contributed by atoms with Crippen molar-refractivity contribution in [2.75, 3.05) is 6.54 Å². The van der Waals surface area contributed by atoms with Crippen molar-refractivity contribution in [3.8, 4) is 0 Å². The number of hydrogen-bond acceptors (Lipinski definition) is 2. The van der Waals surface area contributed by atoms with Crippen molar-refractivity contribution in [2.24, 2.45) is 0 Å². The molecule has 0 aliphatic heterocycles. The number of halogens is 3. The van der Waals surface area contributed by atoms with Gasteiger partial charge in [0.05, 0.1) is 12.7 Å². The molecule has 0 saturated carbocycles. The van der Waals surface area contributed by atoms with Crippen LogP contribution in [0.1, 0.15) is 10.5 Å². The van der Waals surface area contributed by atoms with Crippen molar-refractivity contribution in [3.63, 3.8) is 0 Å². The van der Waals surface area contributed by atoms with E-state index in [4.69, 9.17) is 0 Å². The zero-order valence-corrected chi connectivity index (χ0v) is 10.1. The average Bonchev–Trinajstić information content (AvgIpc) is 2.68. The van der Waals surface area contributed by atoms with Crippen molar-refractivity contribution in [3.05, 3.63) is 34.7 Å². The van der Waals surface area contributed by atoms with Gasteiger partial charge in [-0.2, -0.15) is 0 Å². The van der Waals surface area contributed by atoms with Gasteiger partial charge in [0.2, 0.25) is 0 Å². The lowest BCUT2D eigenvalue weighted by atomic mass is 10.4. The van der Waals surface area contributed by atoms with Gasteiger partial charge in [-0.25, -0.2) is 13.8 Å². The monoisotopic (exact) mass is 303 g/mol. The number of aromatic nitrogens is 2. The molecule has 0 saturated heterocycles. The zero-order valence-electron chi connectivity index (χ0n) is 8.53. The minimum Gasteiger partial charge on any atom is -0.345 e. The summed E-state index contributed by atoms with van der Waals surface area (Å²) in [6.45, 7) is -0.667. The number of rotatable bonds is 3. The van der Waals surface area contributed by atoms with Crippen molar-refractivity contribution < 1.29 is 13.6 Å². The summed E-state index contributed by atoms with van der Waals surface area (Å²) in [6.07, 6.45) is 0.437. The predicted octanol–water partition coefficient (Wildman–Crippen LogP) is 2.09. The zero-order chi connectivity index (χ0) is 12.4. The molecule has 17 heavy (non-hydrogen) atoms. The van der Waals surface area contributed by atoms with Gasteiger partial charge in [0.15, 0.2) is 0 Å². The minimum atomic E-state index is -2.56. The van der Waals surface area contributed by atoms with Crippen LogP contribution in [0.25, 0.3) is 5.65 Å². The van der Waals surface area contributed by atoms with E-state index >= 15 is 0 Å². The summed E-state index contributed by atoms with van der Waals surface area (Å²) in [5.41, 5.74) is 0.803. The molecule has 0 aliphatic rings. The molecule has 0 radical (unpaired) electrons. The topological polar surface area (TPSA) is 46.4 Å². The Morgan fingerprint density at radius 3 is 3.00 bits per heavy atom. The van der Waals surface area contributed by atoms with Crippen LogP contribution in [-0.4, -0.2) is 28.3 Å². The second kappa shape index (κ2) is 4.79. The Morgan fingerprint density at radius 2 is 2.29 bits per heavy atom. The Bertz CT molecular complexity index is 555. The fourth-order valence-electron chi connectivity index (χ4n) is 1.38. The van der Waals surface area contributed by atoms with E-state index in [1.165, 1.54) is 10.6 Å². The fourth-order valence-corrected chi connectivity index (χ4v) is 1.72. The number of carbonyl (C=O) groups is 1. The molecular formula is C10H8BrF2N3O. The standard InChI is InChI=1S/C10H8BrF2N3O/c11-6-1-2-9-14-3-7(16(9)5-6)10(17)15-4-8(12)13/h1-3,5,8H,4H2,(H,15,17). The van der Waals surface area contributed by atoms with E-state index in [1.807, 2.05) is 0 Å². The first-order valence-electron chi connectivity index (χ1n) is 4.77. The van der Waals surface area contributed by atoms with Crippen LogP contribution in [0.3, 0.4) is 0 Å². The number of amides is 1. The minimum absolute atomic E-state index is 0.224. The van der Waals surface area contributed by atoms with Gasteiger partial charge in [-0.05, 0) is 28.1 Å². The summed E-state index contributed by atoms with van der Waals surface area (Å²) in [4.78, 5) is 15.6. The van der Waals surface area contributed by atoms with E-state index in [2.05, 4.69) is 26.2 Å². The first-order chi connectivity index (χ1) is 8.08. The highest BCUT2D eigenvalue weighted by Gasteiger charge is 2.13. The second-order valence-electron chi connectivity index (χ2n) is 3.32.